The van der Waals surface area contributed by atoms with E-state index in [2.05, 4.69) is 16.2 Å². The van der Waals surface area contributed by atoms with Gasteiger partial charge in [-0.05, 0) is 92.3 Å². The van der Waals surface area contributed by atoms with Crippen molar-refractivity contribution in [2.24, 2.45) is 0 Å². The van der Waals surface area contributed by atoms with Crippen molar-refractivity contribution in [3.8, 4) is 11.5 Å². The molecular formula is C26H27N3O5S. The van der Waals surface area contributed by atoms with Gasteiger partial charge < -0.3 is 19.5 Å². The molecule has 3 aromatic carbocycles. The van der Waals surface area contributed by atoms with Crippen molar-refractivity contribution < 1.29 is 23.8 Å². The van der Waals surface area contributed by atoms with Crippen molar-refractivity contribution in [2.75, 3.05) is 18.5 Å². The molecule has 1 amide bonds. The second-order valence-electron chi connectivity index (χ2n) is 7.22. The molecule has 9 heteroatoms. The summed E-state index contributed by atoms with van der Waals surface area (Å²) < 4.78 is 16.1. The fourth-order valence-corrected chi connectivity index (χ4v) is 3.14. The van der Waals surface area contributed by atoms with Crippen LogP contribution in [0.15, 0.2) is 72.8 Å². The maximum absolute atomic E-state index is 12.4. The van der Waals surface area contributed by atoms with Gasteiger partial charge in [0.15, 0.2) is 5.11 Å². The first-order valence-electron chi connectivity index (χ1n) is 11.1. The van der Waals surface area contributed by atoms with Gasteiger partial charge in [-0.15, -0.1) is 0 Å². The van der Waals surface area contributed by atoms with Crippen LogP contribution in [0, 0.1) is 0 Å². The molecule has 0 saturated heterocycles. The van der Waals surface area contributed by atoms with E-state index < -0.39 is 0 Å². The van der Waals surface area contributed by atoms with Crippen LogP contribution in [0.25, 0.3) is 0 Å². The van der Waals surface area contributed by atoms with Crippen LogP contribution >= 0.6 is 12.2 Å². The third-order valence-electron chi connectivity index (χ3n) is 4.70. The highest BCUT2D eigenvalue weighted by Crippen LogP contribution is 2.19. The lowest BCUT2D eigenvalue weighted by atomic mass is 10.1. The minimum absolute atomic E-state index is 0.197. The highest BCUT2D eigenvalue weighted by molar-refractivity contribution is 7.80. The zero-order valence-corrected chi connectivity index (χ0v) is 20.3. The second-order valence-corrected chi connectivity index (χ2v) is 7.63. The summed E-state index contributed by atoms with van der Waals surface area (Å²) >= 11 is 5.20. The number of nitrogens with one attached hydrogen (secondary N) is 3. The number of hydrazine groups is 1. The van der Waals surface area contributed by atoms with Gasteiger partial charge in [-0.25, -0.2) is 4.79 Å². The standard InChI is InChI=1S/C26H27N3O5S/c1-3-32-22-13-15-23(16-14-22)34-17-18-5-7-19(8-6-18)24(30)28-29-26(35)27-21-11-9-20(10-12-21)25(31)33-4-2/h5-16H,3-4,17H2,1-2H3,(H,28,30)(H2,27,29,35). The van der Waals surface area contributed by atoms with Gasteiger partial charge in [0.2, 0.25) is 0 Å². The molecule has 0 unspecified atom stereocenters. The highest BCUT2D eigenvalue weighted by Gasteiger charge is 2.08. The summed E-state index contributed by atoms with van der Waals surface area (Å²) in [7, 11) is 0. The molecule has 3 N–H and O–H groups in total. The van der Waals surface area contributed by atoms with Gasteiger partial charge >= 0.3 is 5.97 Å². The maximum atomic E-state index is 12.4. The van der Waals surface area contributed by atoms with E-state index in [0.717, 1.165) is 17.1 Å². The monoisotopic (exact) mass is 493 g/mol. The Morgan fingerprint density at radius 3 is 1.94 bits per heavy atom. The quantitative estimate of drug-likeness (QED) is 0.228. The van der Waals surface area contributed by atoms with Crippen molar-refractivity contribution in [2.45, 2.75) is 20.5 Å². The van der Waals surface area contributed by atoms with Crippen LogP contribution in [0.5, 0.6) is 11.5 Å². The van der Waals surface area contributed by atoms with Gasteiger partial charge in [-0.1, -0.05) is 12.1 Å². The van der Waals surface area contributed by atoms with E-state index in [0.29, 0.717) is 36.6 Å². The Balaban J connectivity index is 1.43. The lowest BCUT2D eigenvalue weighted by molar-refractivity contribution is 0.0526. The van der Waals surface area contributed by atoms with E-state index in [9.17, 15) is 9.59 Å². The van der Waals surface area contributed by atoms with Crippen molar-refractivity contribution in [1.29, 1.82) is 0 Å². The smallest absolute Gasteiger partial charge is 0.338 e. The summed E-state index contributed by atoms with van der Waals surface area (Å²) in [5.41, 5.74) is 7.69. The summed E-state index contributed by atoms with van der Waals surface area (Å²) in [6.07, 6.45) is 0. The van der Waals surface area contributed by atoms with Crippen LogP contribution < -0.4 is 25.6 Å². The molecule has 0 saturated carbocycles. The number of amides is 1. The van der Waals surface area contributed by atoms with Crippen molar-refractivity contribution in [3.63, 3.8) is 0 Å². The molecule has 0 atom stereocenters. The third-order valence-corrected chi connectivity index (χ3v) is 4.90. The van der Waals surface area contributed by atoms with E-state index in [4.69, 9.17) is 26.4 Å². The normalized spacial score (nSPS) is 10.1. The largest absolute Gasteiger partial charge is 0.494 e. The molecule has 0 aliphatic carbocycles. The first kappa shape index (κ1) is 25.5. The summed E-state index contributed by atoms with van der Waals surface area (Å²) in [5, 5.41) is 3.12. The van der Waals surface area contributed by atoms with Gasteiger partial charge in [-0.3, -0.25) is 15.6 Å². The number of hydrogen-bond acceptors (Lipinski definition) is 6. The average Bonchev–Trinajstić information content (AvgIpc) is 2.88. The number of thiocarbonyl (C=S) groups is 1. The molecular weight excluding hydrogens is 466 g/mol. The fourth-order valence-electron chi connectivity index (χ4n) is 2.97. The fraction of sp³-hybridized carbons (Fsp3) is 0.192. The molecule has 35 heavy (non-hydrogen) atoms. The molecule has 3 rings (SSSR count). The summed E-state index contributed by atoms with van der Waals surface area (Å²) in [6, 6.07) is 21.1. The van der Waals surface area contributed by atoms with Crippen LogP contribution in [-0.4, -0.2) is 30.2 Å². The van der Waals surface area contributed by atoms with E-state index in [1.54, 1.807) is 43.3 Å². The van der Waals surface area contributed by atoms with E-state index >= 15 is 0 Å². The third kappa shape index (κ3) is 8.01. The Kier molecular flexibility index (Phi) is 9.44. The highest BCUT2D eigenvalue weighted by atomic mass is 32.1. The Bertz CT molecular complexity index is 1130. The zero-order valence-electron chi connectivity index (χ0n) is 19.5. The first-order valence-corrected chi connectivity index (χ1v) is 11.5. The lowest BCUT2D eigenvalue weighted by Gasteiger charge is -2.12. The summed E-state index contributed by atoms with van der Waals surface area (Å²) in [6.45, 7) is 4.99. The number of benzene rings is 3. The van der Waals surface area contributed by atoms with Gasteiger partial charge in [0.05, 0.1) is 18.8 Å². The van der Waals surface area contributed by atoms with Crippen LogP contribution in [0.4, 0.5) is 5.69 Å². The number of hydrogen-bond donors (Lipinski definition) is 3. The number of carbonyl (C=O) groups excluding carboxylic acids is 2. The molecule has 0 spiro atoms. The minimum Gasteiger partial charge on any atom is -0.494 e. The molecule has 0 aliphatic rings. The van der Waals surface area contributed by atoms with Gasteiger partial charge in [0.1, 0.15) is 18.1 Å². The summed E-state index contributed by atoms with van der Waals surface area (Å²) in [5.74, 6) is 0.799. The molecule has 0 heterocycles. The average molecular weight is 494 g/mol. The zero-order chi connectivity index (χ0) is 25.0. The maximum Gasteiger partial charge on any atom is 0.338 e. The van der Waals surface area contributed by atoms with E-state index in [-0.39, 0.29) is 17.0 Å². The molecule has 0 aromatic heterocycles. The predicted molar refractivity (Wildman–Crippen MR) is 138 cm³/mol. The summed E-state index contributed by atoms with van der Waals surface area (Å²) in [4.78, 5) is 24.1. The first-order chi connectivity index (χ1) is 17.0. The number of ether oxygens (including phenoxy) is 3. The van der Waals surface area contributed by atoms with Gasteiger partial charge in [-0.2, -0.15) is 0 Å². The Labute approximate surface area is 209 Å². The molecule has 182 valence electrons. The van der Waals surface area contributed by atoms with E-state index in [1.165, 1.54) is 0 Å². The predicted octanol–water partition coefficient (Wildman–Crippen LogP) is 4.47. The molecule has 0 radical (unpaired) electrons. The molecule has 0 bridgehead atoms. The van der Waals surface area contributed by atoms with Crippen molar-refractivity contribution in [1.82, 2.24) is 10.9 Å². The van der Waals surface area contributed by atoms with Crippen molar-refractivity contribution in [3.05, 3.63) is 89.5 Å². The van der Waals surface area contributed by atoms with Crippen LogP contribution in [0.2, 0.25) is 0 Å². The minimum atomic E-state index is -0.388. The lowest BCUT2D eigenvalue weighted by Crippen LogP contribution is -2.43. The number of rotatable bonds is 9. The molecule has 0 fully saturated rings. The second kappa shape index (κ2) is 13.0. The van der Waals surface area contributed by atoms with Gasteiger partial charge in [0.25, 0.3) is 5.91 Å². The number of esters is 1. The van der Waals surface area contributed by atoms with Crippen LogP contribution in [0.1, 0.15) is 40.1 Å². The van der Waals surface area contributed by atoms with E-state index in [1.807, 2.05) is 43.3 Å². The number of anilines is 1. The Morgan fingerprint density at radius 2 is 1.34 bits per heavy atom. The topological polar surface area (TPSA) is 97.9 Å². The molecule has 8 nitrogen and oxygen atoms in total. The Hall–Kier alpha value is -4.11. The SMILES string of the molecule is CCOC(=O)c1ccc(NC(=S)NNC(=O)c2ccc(COc3ccc(OCC)cc3)cc2)cc1. The molecule has 3 aromatic rings. The van der Waals surface area contributed by atoms with Gasteiger partial charge in [0, 0.05) is 11.3 Å². The van der Waals surface area contributed by atoms with Crippen LogP contribution in [0.3, 0.4) is 0 Å². The Morgan fingerprint density at radius 1 is 0.743 bits per heavy atom. The molecule has 0 aliphatic heterocycles. The number of carbonyl (C=O) groups is 2. The van der Waals surface area contributed by atoms with Crippen molar-refractivity contribution >= 4 is 34.9 Å². The van der Waals surface area contributed by atoms with Crippen LogP contribution in [-0.2, 0) is 11.3 Å².